The molecule has 0 unspecified atom stereocenters. The Labute approximate surface area is 171 Å². The van der Waals surface area contributed by atoms with Crippen LogP contribution in [0.5, 0.6) is 11.5 Å². The maximum absolute atomic E-state index is 12.8. The van der Waals surface area contributed by atoms with E-state index >= 15 is 0 Å². The molecule has 7 heteroatoms. The van der Waals surface area contributed by atoms with Gasteiger partial charge >= 0.3 is 0 Å². The molecule has 0 aliphatic rings. The van der Waals surface area contributed by atoms with Gasteiger partial charge in [0.1, 0.15) is 11.5 Å². The second kappa shape index (κ2) is 8.20. The van der Waals surface area contributed by atoms with E-state index in [0.29, 0.717) is 22.3 Å². The van der Waals surface area contributed by atoms with Crippen molar-refractivity contribution in [1.29, 1.82) is 0 Å². The maximum atomic E-state index is 12.8. The molecule has 0 aliphatic carbocycles. The van der Waals surface area contributed by atoms with Gasteiger partial charge in [0.2, 0.25) is 0 Å². The fraction of sp³-hybridized carbons (Fsp3) is 0.0909. The van der Waals surface area contributed by atoms with E-state index in [0.717, 1.165) is 16.7 Å². The third kappa shape index (κ3) is 3.86. The minimum Gasteiger partial charge on any atom is -0.497 e. The number of carbonyl (C=O) groups excluding carboxylic acids is 1. The van der Waals surface area contributed by atoms with Gasteiger partial charge in [0.05, 0.1) is 26.2 Å². The van der Waals surface area contributed by atoms with E-state index in [4.69, 9.17) is 13.9 Å². The predicted octanol–water partition coefficient (Wildman–Crippen LogP) is 5.34. The lowest BCUT2D eigenvalue weighted by atomic mass is 10.1. The van der Waals surface area contributed by atoms with E-state index in [1.807, 2.05) is 53.9 Å². The van der Waals surface area contributed by atoms with Crippen LogP contribution in [0, 0.1) is 0 Å². The zero-order valence-electron chi connectivity index (χ0n) is 15.8. The number of thiazole rings is 1. The lowest BCUT2D eigenvalue weighted by molar-refractivity contribution is 0.0997. The van der Waals surface area contributed by atoms with Gasteiger partial charge in [-0.1, -0.05) is 30.3 Å². The number of anilines is 1. The van der Waals surface area contributed by atoms with Crippen LogP contribution in [0.4, 0.5) is 5.13 Å². The Kier molecular flexibility index (Phi) is 5.31. The summed E-state index contributed by atoms with van der Waals surface area (Å²) >= 11 is 1.32. The Morgan fingerprint density at radius 1 is 1.03 bits per heavy atom. The first kappa shape index (κ1) is 18.8. The van der Waals surface area contributed by atoms with Crippen LogP contribution in [0.1, 0.15) is 10.6 Å². The van der Waals surface area contributed by atoms with Gasteiger partial charge in [-0.3, -0.25) is 10.1 Å². The molecule has 0 saturated heterocycles. The SMILES string of the molecule is COc1ccc(OC)c(-c2csc(NC(=O)c3occc3-c3ccccc3)n2)c1. The highest BCUT2D eigenvalue weighted by atomic mass is 32.1. The van der Waals surface area contributed by atoms with Crippen molar-refractivity contribution in [3.05, 3.63) is 72.0 Å². The lowest BCUT2D eigenvalue weighted by Crippen LogP contribution is -2.11. The molecule has 2 aromatic carbocycles. The molecule has 0 aliphatic heterocycles. The highest BCUT2D eigenvalue weighted by Crippen LogP contribution is 2.35. The van der Waals surface area contributed by atoms with Crippen molar-refractivity contribution in [3.8, 4) is 33.9 Å². The van der Waals surface area contributed by atoms with Gasteiger partial charge in [-0.15, -0.1) is 11.3 Å². The van der Waals surface area contributed by atoms with Crippen LogP contribution >= 0.6 is 11.3 Å². The molecule has 2 heterocycles. The Morgan fingerprint density at radius 2 is 1.86 bits per heavy atom. The van der Waals surface area contributed by atoms with Crippen LogP contribution in [-0.2, 0) is 0 Å². The molecule has 0 spiro atoms. The van der Waals surface area contributed by atoms with Crippen molar-refractivity contribution in [2.24, 2.45) is 0 Å². The summed E-state index contributed by atoms with van der Waals surface area (Å²) in [5.74, 6) is 1.26. The van der Waals surface area contributed by atoms with E-state index < -0.39 is 0 Å². The molecule has 146 valence electrons. The van der Waals surface area contributed by atoms with Crippen LogP contribution < -0.4 is 14.8 Å². The quantitative estimate of drug-likeness (QED) is 0.468. The first-order valence-electron chi connectivity index (χ1n) is 8.82. The number of methoxy groups -OCH3 is 2. The van der Waals surface area contributed by atoms with Crippen LogP contribution in [0.15, 0.2) is 70.7 Å². The summed E-state index contributed by atoms with van der Waals surface area (Å²) in [6.45, 7) is 0. The molecule has 0 fully saturated rings. The van der Waals surface area contributed by atoms with Crippen molar-refractivity contribution in [1.82, 2.24) is 4.98 Å². The van der Waals surface area contributed by atoms with E-state index in [1.165, 1.54) is 17.6 Å². The van der Waals surface area contributed by atoms with Crippen LogP contribution in [0.3, 0.4) is 0 Å². The average molecular weight is 406 g/mol. The first-order valence-corrected chi connectivity index (χ1v) is 9.69. The normalized spacial score (nSPS) is 10.6. The smallest absolute Gasteiger partial charge is 0.293 e. The van der Waals surface area contributed by atoms with Crippen molar-refractivity contribution in [2.45, 2.75) is 0 Å². The molecule has 6 nitrogen and oxygen atoms in total. The van der Waals surface area contributed by atoms with Crippen molar-refractivity contribution in [2.75, 3.05) is 19.5 Å². The third-order valence-electron chi connectivity index (χ3n) is 4.36. The number of ether oxygens (including phenoxy) is 2. The largest absolute Gasteiger partial charge is 0.497 e. The second-order valence-corrected chi connectivity index (χ2v) is 6.95. The molecule has 4 aromatic rings. The summed E-state index contributed by atoms with van der Waals surface area (Å²) in [6, 6.07) is 16.9. The number of hydrogen-bond acceptors (Lipinski definition) is 6. The minimum absolute atomic E-state index is 0.243. The van der Waals surface area contributed by atoms with Gasteiger partial charge in [-0.25, -0.2) is 4.98 Å². The number of hydrogen-bond donors (Lipinski definition) is 1. The van der Waals surface area contributed by atoms with E-state index in [-0.39, 0.29) is 11.7 Å². The zero-order valence-corrected chi connectivity index (χ0v) is 16.7. The molecule has 29 heavy (non-hydrogen) atoms. The number of furan rings is 1. The summed E-state index contributed by atoms with van der Waals surface area (Å²) in [6.07, 6.45) is 1.51. The van der Waals surface area contributed by atoms with E-state index in [2.05, 4.69) is 10.3 Å². The lowest BCUT2D eigenvalue weighted by Gasteiger charge is -2.08. The van der Waals surface area contributed by atoms with Crippen molar-refractivity contribution >= 4 is 22.4 Å². The Hall–Kier alpha value is -3.58. The highest BCUT2D eigenvalue weighted by Gasteiger charge is 2.19. The van der Waals surface area contributed by atoms with Gasteiger partial charge in [0.15, 0.2) is 10.9 Å². The summed E-state index contributed by atoms with van der Waals surface area (Å²) in [7, 11) is 3.20. The summed E-state index contributed by atoms with van der Waals surface area (Å²) in [4.78, 5) is 17.3. The number of rotatable bonds is 6. The van der Waals surface area contributed by atoms with Crippen LogP contribution in [-0.4, -0.2) is 25.1 Å². The summed E-state index contributed by atoms with van der Waals surface area (Å²) < 4.78 is 16.1. The van der Waals surface area contributed by atoms with Crippen molar-refractivity contribution < 1.29 is 18.7 Å². The van der Waals surface area contributed by atoms with Crippen LogP contribution in [0.25, 0.3) is 22.4 Å². The second-order valence-electron chi connectivity index (χ2n) is 6.09. The molecule has 4 rings (SSSR count). The number of carbonyl (C=O) groups is 1. The Balaban J connectivity index is 1.58. The highest BCUT2D eigenvalue weighted by molar-refractivity contribution is 7.14. The molecule has 0 atom stereocenters. The Bertz CT molecular complexity index is 1130. The monoisotopic (exact) mass is 406 g/mol. The average Bonchev–Trinajstić information content (AvgIpc) is 3.43. The standard InChI is InChI=1S/C22H18N2O4S/c1-26-15-8-9-19(27-2)17(12-15)18-13-29-22(23-18)24-21(25)20-16(10-11-28-20)14-6-4-3-5-7-14/h3-13H,1-2H3,(H,23,24,25). The number of aromatic nitrogens is 1. The number of benzene rings is 2. The molecular weight excluding hydrogens is 388 g/mol. The maximum Gasteiger partial charge on any atom is 0.293 e. The summed E-state index contributed by atoms with van der Waals surface area (Å²) in [5.41, 5.74) is 3.11. The number of nitrogens with zero attached hydrogens (tertiary/aromatic N) is 1. The summed E-state index contributed by atoms with van der Waals surface area (Å²) in [5, 5.41) is 5.13. The molecule has 0 saturated carbocycles. The topological polar surface area (TPSA) is 73.6 Å². The Morgan fingerprint density at radius 3 is 2.62 bits per heavy atom. The van der Waals surface area contributed by atoms with Crippen LogP contribution in [0.2, 0.25) is 0 Å². The number of nitrogens with one attached hydrogen (secondary N) is 1. The molecule has 0 bridgehead atoms. The minimum atomic E-state index is -0.354. The molecule has 1 N–H and O–H groups in total. The van der Waals surface area contributed by atoms with Crippen molar-refractivity contribution in [3.63, 3.8) is 0 Å². The van der Waals surface area contributed by atoms with E-state index in [9.17, 15) is 4.79 Å². The number of amides is 1. The fourth-order valence-corrected chi connectivity index (χ4v) is 3.66. The molecular formula is C22H18N2O4S. The predicted molar refractivity (Wildman–Crippen MR) is 113 cm³/mol. The first-order chi connectivity index (χ1) is 14.2. The van der Waals surface area contributed by atoms with Gasteiger partial charge in [0, 0.05) is 16.5 Å². The third-order valence-corrected chi connectivity index (χ3v) is 5.12. The van der Waals surface area contributed by atoms with Gasteiger partial charge in [0.25, 0.3) is 5.91 Å². The molecule has 1 amide bonds. The van der Waals surface area contributed by atoms with Gasteiger partial charge in [-0.2, -0.15) is 0 Å². The molecule has 0 radical (unpaired) electrons. The zero-order chi connectivity index (χ0) is 20.2. The fourth-order valence-electron chi connectivity index (χ4n) is 2.95. The molecule has 2 aromatic heterocycles. The van der Waals surface area contributed by atoms with E-state index in [1.54, 1.807) is 20.3 Å². The van der Waals surface area contributed by atoms with Gasteiger partial charge < -0.3 is 13.9 Å². The van der Waals surface area contributed by atoms with Gasteiger partial charge in [-0.05, 0) is 29.8 Å².